The Bertz CT molecular complexity index is 201. The van der Waals surface area contributed by atoms with Gasteiger partial charge in [-0.2, -0.15) is 4.39 Å². The number of pyridine rings is 1. The summed E-state index contributed by atoms with van der Waals surface area (Å²) in [7, 11) is 1.65. The van der Waals surface area contributed by atoms with Gasteiger partial charge in [0.2, 0.25) is 5.95 Å². The van der Waals surface area contributed by atoms with Gasteiger partial charge in [0.25, 0.3) is 0 Å². The van der Waals surface area contributed by atoms with E-state index in [1.807, 2.05) is 13.8 Å². The standard InChI is InChI=1S/C6H7FN2.C2H6/c1-8-5-3-2-4-9-6(5)7;1-2/h2-4,8H,1H3;1-2H3. The zero-order valence-corrected chi connectivity index (χ0v) is 7.06. The van der Waals surface area contributed by atoms with E-state index in [1.165, 1.54) is 6.20 Å². The predicted octanol–water partition coefficient (Wildman–Crippen LogP) is 2.29. The molecular formula is C8H13FN2. The quantitative estimate of drug-likeness (QED) is 0.631. The van der Waals surface area contributed by atoms with Crippen molar-refractivity contribution in [2.75, 3.05) is 12.4 Å². The van der Waals surface area contributed by atoms with Crippen LogP contribution in [0, 0.1) is 5.95 Å². The summed E-state index contributed by atoms with van der Waals surface area (Å²) >= 11 is 0. The Morgan fingerprint density at radius 3 is 2.45 bits per heavy atom. The monoisotopic (exact) mass is 156 g/mol. The minimum Gasteiger partial charge on any atom is -0.384 e. The van der Waals surface area contributed by atoms with E-state index in [1.54, 1.807) is 19.2 Å². The molecule has 11 heavy (non-hydrogen) atoms. The molecule has 62 valence electrons. The number of rotatable bonds is 1. The maximum atomic E-state index is 12.4. The van der Waals surface area contributed by atoms with Crippen molar-refractivity contribution >= 4 is 5.69 Å². The van der Waals surface area contributed by atoms with Gasteiger partial charge in [-0.05, 0) is 12.1 Å². The van der Waals surface area contributed by atoms with E-state index in [9.17, 15) is 4.39 Å². The van der Waals surface area contributed by atoms with Crippen molar-refractivity contribution in [2.24, 2.45) is 0 Å². The summed E-state index contributed by atoms with van der Waals surface area (Å²) < 4.78 is 12.4. The van der Waals surface area contributed by atoms with Crippen LogP contribution in [0.1, 0.15) is 13.8 Å². The first kappa shape index (κ1) is 9.88. The third kappa shape index (κ3) is 2.98. The normalized spacial score (nSPS) is 8.00. The van der Waals surface area contributed by atoms with Gasteiger partial charge in [0, 0.05) is 13.2 Å². The molecular weight excluding hydrogens is 143 g/mol. The molecule has 0 bridgehead atoms. The van der Waals surface area contributed by atoms with Crippen LogP contribution < -0.4 is 5.32 Å². The second-order valence-corrected chi connectivity index (χ2v) is 1.59. The van der Waals surface area contributed by atoms with Crippen molar-refractivity contribution in [3.8, 4) is 0 Å². The molecule has 0 atom stereocenters. The third-order valence-corrected chi connectivity index (χ3v) is 1.03. The highest BCUT2D eigenvalue weighted by Gasteiger charge is 1.95. The zero-order chi connectivity index (χ0) is 8.69. The van der Waals surface area contributed by atoms with Gasteiger partial charge in [-0.15, -0.1) is 0 Å². The largest absolute Gasteiger partial charge is 0.384 e. The van der Waals surface area contributed by atoms with E-state index in [2.05, 4.69) is 10.3 Å². The van der Waals surface area contributed by atoms with Crippen LogP contribution >= 0.6 is 0 Å². The maximum absolute atomic E-state index is 12.4. The lowest BCUT2D eigenvalue weighted by molar-refractivity contribution is 0.588. The van der Waals surface area contributed by atoms with Crippen LogP contribution in [-0.2, 0) is 0 Å². The summed E-state index contributed by atoms with van der Waals surface area (Å²) in [6.45, 7) is 4.00. The van der Waals surface area contributed by atoms with Gasteiger partial charge >= 0.3 is 0 Å². The molecule has 0 saturated carbocycles. The van der Waals surface area contributed by atoms with Crippen LogP contribution in [-0.4, -0.2) is 12.0 Å². The van der Waals surface area contributed by atoms with E-state index < -0.39 is 5.95 Å². The molecule has 1 N–H and O–H groups in total. The lowest BCUT2D eigenvalue weighted by Crippen LogP contribution is -1.93. The zero-order valence-electron chi connectivity index (χ0n) is 7.06. The van der Waals surface area contributed by atoms with Crippen LogP contribution in [0.25, 0.3) is 0 Å². The van der Waals surface area contributed by atoms with Gasteiger partial charge in [-0.1, -0.05) is 13.8 Å². The van der Waals surface area contributed by atoms with E-state index in [4.69, 9.17) is 0 Å². The fourth-order valence-corrected chi connectivity index (χ4v) is 0.573. The van der Waals surface area contributed by atoms with Gasteiger partial charge < -0.3 is 5.32 Å². The first-order valence-corrected chi connectivity index (χ1v) is 3.63. The minimum atomic E-state index is -0.458. The van der Waals surface area contributed by atoms with Crippen LogP contribution in [0.4, 0.5) is 10.1 Å². The number of hydrogen-bond acceptors (Lipinski definition) is 2. The van der Waals surface area contributed by atoms with Crippen LogP contribution in [0.3, 0.4) is 0 Å². The minimum absolute atomic E-state index is 0.428. The van der Waals surface area contributed by atoms with Gasteiger partial charge in [-0.25, -0.2) is 4.98 Å². The number of anilines is 1. The Hall–Kier alpha value is -1.12. The molecule has 0 aliphatic carbocycles. The molecule has 1 aromatic heterocycles. The average Bonchev–Trinajstić information content (AvgIpc) is 2.09. The smallest absolute Gasteiger partial charge is 0.236 e. The molecule has 2 nitrogen and oxygen atoms in total. The Labute approximate surface area is 66.5 Å². The Morgan fingerprint density at radius 1 is 1.45 bits per heavy atom. The third-order valence-electron chi connectivity index (χ3n) is 1.03. The van der Waals surface area contributed by atoms with Crippen molar-refractivity contribution in [1.29, 1.82) is 0 Å². The van der Waals surface area contributed by atoms with Crippen molar-refractivity contribution in [3.63, 3.8) is 0 Å². The molecule has 0 aliphatic rings. The second kappa shape index (κ2) is 5.65. The molecule has 0 spiro atoms. The van der Waals surface area contributed by atoms with Gasteiger partial charge in [0.1, 0.15) is 0 Å². The molecule has 0 aromatic carbocycles. The fraction of sp³-hybridized carbons (Fsp3) is 0.375. The van der Waals surface area contributed by atoms with Crippen molar-refractivity contribution in [1.82, 2.24) is 4.98 Å². The van der Waals surface area contributed by atoms with Crippen LogP contribution in [0.5, 0.6) is 0 Å². The van der Waals surface area contributed by atoms with Crippen LogP contribution in [0.15, 0.2) is 18.3 Å². The molecule has 0 fully saturated rings. The van der Waals surface area contributed by atoms with Crippen molar-refractivity contribution < 1.29 is 4.39 Å². The SMILES string of the molecule is CC.CNc1cccnc1F. The summed E-state index contributed by atoms with van der Waals surface area (Å²) in [6, 6.07) is 3.30. The summed E-state index contributed by atoms with van der Waals surface area (Å²) in [6.07, 6.45) is 1.41. The molecule has 0 saturated heterocycles. The molecule has 0 unspecified atom stereocenters. The molecule has 1 aromatic rings. The maximum Gasteiger partial charge on any atom is 0.236 e. The number of halogens is 1. The number of hydrogen-bond donors (Lipinski definition) is 1. The van der Waals surface area contributed by atoms with E-state index in [0.29, 0.717) is 5.69 Å². The van der Waals surface area contributed by atoms with Crippen LogP contribution in [0.2, 0.25) is 0 Å². The molecule has 0 amide bonds. The van der Waals surface area contributed by atoms with Crippen molar-refractivity contribution in [2.45, 2.75) is 13.8 Å². The molecule has 1 heterocycles. The van der Waals surface area contributed by atoms with Crippen molar-refractivity contribution in [3.05, 3.63) is 24.3 Å². The number of nitrogens with zero attached hydrogens (tertiary/aromatic N) is 1. The van der Waals surface area contributed by atoms with E-state index >= 15 is 0 Å². The lowest BCUT2D eigenvalue weighted by atomic mass is 10.4. The molecule has 1 rings (SSSR count). The highest BCUT2D eigenvalue weighted by atomic mass is 19.1. The summed E-state index contributed by atoms with van der Waals surface area (Å²) in [4.78, 5) is 3.42. The Morgan fingerprint density at radius 2 is 2.09 bits per heavy atom. The van der Waals surface area contributed by atoms with Gasteiger partial charge in [0.15, 0.2) is 0 Å². The molecule has 3 heteroatoms. The van der Waals surface area contributed by atoms with Gasteiger partial charge in [-0.3, -0.25) is 0 Å². The molecule has 0 aliphatic heterocycles. The Kier molecular flexibility index (Phi) is 5.07. The average molecular weight is 156 g/mol. The summed E-state index contributed by atoms with van der Waals surface area (Å²) in [5.74, 6) is -0.458. The number of aromatic nitrogens is 1. The molecule has 0 radical (unpaired) electrons. The van der Waals surface area contributed by atoms with Gasteiger partial charge in [0.05, 0.1) is 5.69 Å². The number of nitrogens with one attached hydrogen (secondary N) is 1. The second-order valence-electron chi connectivity index (χ2n) is 1.59. The predicted molar refractivity (Wildman–Crippen MR) is 45.1 cm³/mol. The van der Waals surface area contributed by atoms with E-state index in [-0.39, 0.29) is 0 Å². The lowest BCUT2D eigenvalue weighted by Gasteiger charge is -1.96. The highest BCUT2D eigenvalue weighted by molar-refractivity contribution is 5.40. The van der Waals surface area contributed by atoms with E-state index in [0.717, 1.165) is 0 Å². The first-order chi connectivity index (χ1) is 5.34. The topological polar surface area (TPSA) is 24.9 Å². The summed E-state index contributed by atoms with van der Waals surface area (Å²) in [5, 5.41) is 2.66. The summed E-state index contributed by atoms with van der Waals surface area (Å²) in [5.41, 5.74) is 0.428. The fourth-order valence-electron chi connectivity index (χ4n) is 0.573. The first-order valence-electron chi connectivity index (χ1n) is 3.63. The Balaban J connectivity index is 0.000000461. The highest BCUT2D eigenvalue weighted by Crippen LogP contribution is 2.06.